The molecule has 3 aromatic rings. The van der Waals surface area contributed by atoms with E-state index >= 15 is 0 Å². The molecule has 0 saturated heterocycles. The van der Waals surface area contributed by atoms with E-state index in [1.807, 2.05) is 24.3 Å². The highest BCUT2D eigenvalue weighted by atomic mass is 32.1. The second-order valence-corrected chi connectivity index (χ2v) is 5.36. The average Bonchev–Trinajstić information content (AvgIpc) is 2.87. The Morgan fingerprint density at radius 1 is 1.20 bits per heavy atom. The number of aromatic nitrogens is 1. The average molecular weight is 288 g/mol. The number of nitrogens with two attached hydrogens (primary N) is 1. The van der Waals surface area contributed by atoms with Crippen LogP contribution in [-0.4, -0.2) is 4.98 Å². The van der Waals surface area contributed by atoms with Crippen LogP contribution in [0.5, 0.6) is 0 Å². The maximum atomic E-state index is 13.1. The van der Waals surface area contributed by atoms with E-state index in [0.29, 0.717) is 11.7 Å². The van der Waals surface area contributed by atoms with Gasteiger partial charge in [0.15, 0.2) is 5.13 Å². The molecule has 3 rings (SSSR count). The molecule has 0 fully saturated rings. The summed E-state index contributed by atoms with van der Waals surface area (Å²) in [7, 11) is 0. The zero-order chi connectivity index (χ0) is 13.9. The van der Waals surface area contributed by atoms with E-state index in [-0.39, 0.29) is 5.82 Å². The fraction of sp³-hybridized carbons (Fsp3) is 0.0714. The van der Waals surface area contributed by atoms with E-state index in [0.717, 1.165) is 21.5 Å². The summed E-state index contributed by atoms with van der Waals surface area (Å²) in [6, 6.07) is 12.4. The predicted molar refractivity (Wildman–Crippen MR) is 81.2 cm³/mol. The SMILES string of the molecule is NNc1nc2ccc(NCc3cccc(F)c3)cc2s1. The lowest BCUT2D eigenvalue weighted by Gasteiger charge is -2.06. The molecule has 0 amide bonds. The van der Waals surface area contributed by atoms with Crippen LogP contribution in [0, 0.1) is 5.82 Å². The van der Waals surface area contributed by atoms with Gasteiger partial charge in [-0.3, -0.25) is 5.43 Å². The van der Waals surface area contributed by atoms with E-state index < -0.39 is 0 Å². The molecule has 0 saturated carbocycles. The van der Waals surface area contributed by atoms with Crippen molar-refractivity contribution in [2.75, 3.05) is 10.7 Å². The number of rotatable bonds is 4. The van der Waals surface area contributed by atoms with Crippen LogP contribution in [-0.2, 0) is 6.54 Å². The summed E-state index contributed by atoms with van der Waals surface area (Å²) in [5, 5.41) is 3.95. The van der Waals surface area contributed by atoms with Gasteiger partial charge in [0, 0.05) is 12.2 Å². The fourth-order valence-corrected chi connectivity index (χ4v) is 2.76. The van der Waals surface area contributed by atoms with Crippen LogP contribution < -0.4 is 16.6 Å². The quantitative estimate of drug-likeness (QED) is 0.509. The molecule has 0 atom stereocenters. The van der Waals surface area contributed by atoms with Crippen LogP contribution in [0.1, 0.15) is 5.56 Å². The molecule has 0 aliphatic carbocycles. The Bertz CT molecular complexity index is 741. The van der Waals surface area contributed by atoms with Gasteiger partial charge in [0.2, 0.25) is 0 Å². The van der Waals surface area contributed by atoms with E-state index in [4.69, 9.17) is 5.84 Å². The highest BCUT2D eigenvalue weighted by Crippen LogP contribution is 2.27. The fourth-order valence-electron chi connectivity index (χ4n) is 1.95. The number of anilines is 2. The number of hydrazine groups is 1. The summed E-state index contributed by atoms with van der Waals surface area (Å²) in [6.45, 7) is 0.573. The number of nitrogen functional groups attached to an aromatic ring is 1. The molecule has 1 aromatic heterocycles. The van der Waals surface area contributed by atoms with E-state index in [1.54, 1.807) is 6.07 Å². The molecule has 2 aromatic carbocycles. The monoisotopic (exact) mass is 288 g/mol. The van der Waals surface area contributed by atoms with Crippen LogP contribution in [0.25, 0.3) is 10.2 Å². The van der Waals surface area contributed by atoms with E-state index in [9.17, 15) is 4.39 Å². The minimum atomic E-state index is -0.221. The van der Waals surface area contributed by atoms with Gasteiger partial charge >= 0.3 is 0 Å². The summed E-state index contributed by atoms with van der Waals surface area (Å²) >= 11 is 1.49. The van der Waals surface area contributed by atoms with Gasteiger partial charge in [0.05, 0.1) is 10.2 Å². The standard InChI is InChI=1S/C14H13FN4S/c15-10-3-1-2-9(6-10)8-17-11-4-5-12-13(7-11)20-14(18-12)19-16/h1-7,17H,8,16H2,(H,18,19). The maximum absolute atomic E-state index is 13.1. The van der Waals surface area contributed by atoms with Crippen molar-refractivity contribution in [3.05, 3.63) is 53.8 Å². The molecule has 1 heterocycles. The minimum Gasteiger partial charge on any atom is -0.381 e. The number of hydrogen-bond donors (Lipinski definition) is 3. The molecule has 0 radical (unpaired) electrons. The third-order valence-electron chi connectivity index (χ3n) is 2.90. The molecule has 6 heteroatoms. The Labute approximate surface area is 119 Å². The first kappa shape index (κ1) is 12.8. The lowest BCUT2D eigenvalue weighted by atomic mass is 10.2. The van der Waals surface area contributed by atoms with Crippen molar-refractivity contribution >= 4 is 32.4 Å². The highest BCUT2D eigenvalue weighted by Gasteiger charge is 2.03. The van der Waals surface area contributed by atoms with Crippen LogP contribution in [0.2, 0.25) is 0 Å². The van der Waals surface area contributed by atoms with Gasteiger partial charge in [-0.1, -0.05) is 23.5 Å². The first-order chi connectivity index (χ1) is 9.74. The molecule has 0 aliphatic heterocycles. The number of nitrogens with zero attached hydrogens (tertiary/aromatic N) is 1. The van der Waals surface area contributed by atoms with Crippen LogP contribution in [0.15, 0.2) is 42.5 Å². The van der Waals surface area contributed by atoms with Crippen molar-refractivity contribution in [1.82, 2.24) is 4.98 Å². The molecule has 4 N–H and O–H groups in total. The molecule has 20 heavy (non-hydrogen) atoms. The second kappa shape index (κ2) is 5.44. The summed E-state index contributed by atoms with van der Waals surface area (Å²) in [5.74, 6) is 5.13. The molecular formula is C14H13FN4S. The van der Waals surface area contributed by atoms with Crippen LogP contribution in [0.3, 0.4) is 0 Å². The first-order valence-electron chi connectivity index (χ1n) is 6.10. The lowest BCUT2D eigenvalue weighted by Crippen LogP contribution is -2.05. The largest absolute Gasteiger partial charge is 0.381 e. The van der Waals surface area contributed by atoms with Gasteiger partial charge in [-0.05, 0) is 35.9 Å². The van der Waals surface area contributed by atoms with Crippen LogP contribution in [0.4, 0.5) is 15.2 Å². The molecule has 102 valence electrons. The summed E-state index contributed by atoms with van der Waals surface area (Å²) in [4.78, 5) is 4.31. The summed E-state index contributed by atoms with van der Waals surface area (Å²) in [6.07, 6.45) is 0. The second-order valence-electron chi connectivity index (χ2n) is 4.33. The predicted octanol–water partition coefficient (Wildman–Crippen LogP) is 3.33. The zero-order valence-electron chi connectivity index (χ0n) is 10.6. The van der Waals surface area contributed by atoms with Gasteiger partial charge in [-0.2, -0.15) is 0 Å². The maximum Gasteiger partial charge on any atom is 0.198 e. The van der Waals surface area contributed by atoms with Gasteiger partial charge < -0.3 is 5.32 Å². The van der Waals surface area contributed by atoms with Crippen molar-refractivity contribution in [3.63, 3.8) is 0 Å². The number of thiazole rings is 1. The highest BCUT2D eigenvalue weighted by molar-refractivity contribution is 7.22. The third kappa shape index (κ3) is 2.71. The Morgan fingerprint density at radius 2 is 2.10 bits per heavy atom. The molecule has 0 spiro atoms. The summed E-state index contributed by atoms with van der Waals surface area (Å²) < 4.78 is 14.1. The number of hydrogen-bond acceptors (Lipinski definition) is 5. The van der Waals surface area contributed by atoms with E-state index in [2.05, 4.69) is 15.7 Å². The molecule has 0 bridgehead atoms. The Balaban J connectivity index is 1.77. The Kier molecular flexibility index (Phi) is 3.49. The number of halogens is 1. The van der Waals surface area contributed by atoms with E-state index in [1.165, 1.54) is 23.5 Å². The number of nitrogens with one attached hydrogen (secondary N) is 2. The smallest absolute Gasteiger partial charge is 0.198 e. The normalized spacial score (nSPS) is 10.7. The Hall–Kier alpha value is -2.18. The molecule has 0 unspecified atom stereocenters. The minimum absolute atomic E-state index is 0.221. The van der Waals surface area contributed by atoms with Crippen molar-refractivity contribution in [2.45, 2.75) is 6.54 Å². The third-order valence-corrected chi connectivity index (χ3v) is 3.85. The van der Waals surface area contributed by atoms with Crippen molar-refractivity contribution in [2.24, 2.45) is 5.84 Å². The Morgan fingerprint density at radius 3 is 2.90 bits per heavy atom. The molecular weight excluding hydrogens is 275 g/mol. The zero-order valence-corrected chi connectivity index (χ0v) is 11.4. The molecule has 0 aliphatic rings. The van der Waals surface area contributed by atoms with Gasteiger partial charge in [0.1, 0.15) is 5.82 Å². The van der Waals surface area contributed by atoms with Crippen molar-refractivity contribution < 1.29 is 4.39 Å². The van der Waals surface area contributed by atoms with Crippen molar-refractivity contribution in [1.29, 1.82) is 0 Å². The number of fused-ring (bicyclic) bond motifs is 1. The first-order valence-corrected chi connectivity index (χ1v) is 6.92. The lowest BCUT2D eigenvalue weighted by molar-refractivity contribution is 0.626. The topological polar surface area (TPSA) is 63.0 Å². The van der Waals surface area contributed by atoms with Gasteiger partial charge in [-0.25, -0.2) is 15.2 Å². The number of benzene rings is 2. The van der Waals surface area contributed by atoms with Gasteiger partial charge in [-0.15, -0.1) is 0 Å². The molecule has 4 nitrogen and oxygen atoms in total. The van der Waals surface area contributed by atoms with Crippen LogP contribution >= 0.6 is 11.3 Å². The van der Waals surface area contributed by atoms with Crippen molar-refractivity contribution in [3.8, 4) is 0 Å². The van der Waals surface area contributed by atoms with Gasteiger partial charge in [0.25, 0.3) is 0 Å². The summed E-state index contributed by atoms with van der Waals surface area (Å²) in [5.41, 5.74) is 5.32.